The Bertz CT molecular complexity index is 234. The number of esters is 1. The topological polar surface area (TPSA) is 26.3 Å². The molecule has 3 heteroatoms. The van der Waals surface area contributed by atoms with Crippen LogP contribution in [-0.2, 0) is 24.2 Å². The average Bonchev–Trinajstić information content (AvgIpc) is 2.07. The molecule has 0 radical (unpaired) electrons. The van der Waals surface area contributed by atoms with E-state index in [9.17, 15) is 4.79 Å². The molecule has 0 unspecified atom stereocenters. The number of carbonyl (C=O) groups is 1. The van der Waals surface area contributed by atoms with Crippen LogP contribution in [0.25, 0.3) is 0 Å². The molecule has 0 fully saturated rings. The van der Waals surface area contributed by atoms with Gasteiger partial charge in [0.05, 0.1) is 6.61 Å². The minimum Gasteiger partial charge on any atom is -0.464 e. The second-order valence-corrected chi connectivity index (χ2v) is 2.01. The number of carbonyl (C=O) groups excluding carboxylic acids is 1. The first-order valence-corrected chi connectivity index (χ1v) is 3.48. The van der Waals surface area contributed by atoms with Gasteiger partial charge in [-0.15, -0.1) is 0 Å². The van der Waals surface area contributed by atoms with Crippen LogP contribution in [-0.4, -0.2) is 12.6 Å². The Hall–Kier alpha value is -0.687. The van der Waals surface area contributed by atoms with Crippen LogP contribution in [0, 0.1) is 6.07 Å². The summed E-state index contributed by atoms with van der Waals surface area (Å²) in [4.78, 5) is 11.0. The van der Waals surface area contributed by atoms with Gasteiger partial charge >= 0.3 is 25.4 Å². The molecule has 12 heavy (non-hydrogen) atoms. The van der Waals surface area contributed by atoms with E-state index in [2.05, 4.69) is 6.07 Å². The molecule has 0 aliphatic rings. The molecule has 0 saturated heterocycles. The minimum atomic E-state index is -0.276. The van der Waals surface area contributed by atoms with Crippen LogP contribution in [0.2, 0.25) is 0 Å². The summed E-state index contributed by atoms with van der Waals surface area (Å²) in [7, 11) is 0. The maximum atomic E-state index is 11.0. The van der Waals surface area contributed by atoms with Crippen LogP contribution >= 0.6 is 0 Å². The average molecular weight is 215 g/mol. The molecule has 0 N–H and O–H groups in total. The molecule has 0 aliphatic carbocycles. The van der Waals surface area contributed by atoms with Crippen molar-refractivity contribution in [2.24, 2.45) is 0 Å². The van der Waals surface area contributed by atoms with Gasteiger partial charge in [0.2, 0.25) is 0 Å². The van der Waals surface area contributed by atoms with Gasteiger partial charge in [0.25, 0.3) is 0 Å². The minimum absolute atomic E-state index is 0. The Morgan fingerprint density at radius 1 is 1.50 bits per heavy atom. The zero-order valence-corrected chi connectivity index (χ0v) is 10.0. The van der Waals surface area contributed by atoms with Crippen molar-refractivity contribution in [3.05, 3.63) is 35.9 Å². The maximum absolute atomic E-state index is 11.0. The van der Waals surface area contributed by atoms with E-state index in [1.807, 2.05) is 0 Å². The van der Waals surface area contributed by atoms with Gasteiger partial charge in [0.15, 0.2) is 0 Å². The predicted molar refractivity (Wildman–Crippen MR) is 41.2 cm³/mol. The summed E-state index contributed by atoms with van der Waals surface area (Å²) in [6, 6.07) is 9.55. The van der Waals surface area contributed by atoms with Crippen molar-refractivity contribution in [3.63, 3.8) is 0 Å². The smallest absolute Gasteiger partial charge is 0.464 e. The Morgan fingerprint density at radius 3 is 2.58 bits per heavy atom. The summed E-state index contributed by atoms with van der Waals surface area (Å²) in [5, 5.41) is 0. The molecule has 2 nitrogen and oxygen atoms in total. The summed E-state index contributed by atoms with van der Waals surface area (Å²) in [6.45, 7) is 2.20. The Morgan fingerprint density at radius 2 is 2.08 bits per heavy atom. The van der Waals surface area contributed by atoms with Crippen molar-refractivity contribution in [1.29, 1.82) is 0 Å². The molecule has 0 saturated carbocycles. The van der Waals surface area contributed by atoms with Crippen LogP contribution < -0.4 is 0 Å². The molecule has 0 aliphatic heterocycles. The van der Waals surface area contributed by atoms with E-state index in [4.69, 9.17) is 4.74 Å². The fourth-order valence-corrected chi connectivity index (χ4v) is 0.737. The molecule has 58 valence electrons. The first-order chi connectivity index (χ1) is 5.34. The van der Waals surface area contributed by atoms with Gasteiger partial charge in [-0.05, 0) is 12.5 Å². The third-order valence-corrected chi connectivity index (χ3v) is 1.23. The fraction of sp³-hybridized carbons (Fsp3) is 0.222. The van der Waals surface area contributed by atoms with Crippen molar-refractivity contribution in [2.75, 3.05) is 6.61 Å². The predicted octanol–water partition coefficient (Wildman–Crippen LogP) is 1.66. The molecular formula is C9H9O2Zn+. The maximum Gasteiger partial charge on any atom is 2.00 e. The number of hydrogen-bond acceptors (Lipinski definition) is 2. The summed E-state index contributed by atoms with van der Waals surface area (Å²) < 4.78 is 4.78. The second-order valence-electron chi connectivity index (χ2n) is 2.01. The van der Waals surface area contributed by atoms with E-state index in [0.29, 0.717) is 12.2 Å². The van der Waals surface area contributed by atoms with Crippen LogP contribution in [0.4, 0.5) is 0 Å². The molecule has 0 atom stereocenters. The van der Waals surface area contributed by atoms with Crippen molar-refractivity contribution < 1.29 is 29.0 Å². The summed E-state index contributed by atoms with van der Waals surface area (Å²) in [5.41, 5.74) is 0.575. The van der Waals surface area contributed by atoms with Crippen LogP contribution in [0.5, 0.6) is 0 Å². The Labute approximate surface area is 84.7 Å². The third-order valence-electron chi connectivity index (χ3n) is 1.23. The van der Waals surface area contributed by atoms with Gasteiger partial charge in [-0.2, -0.15) is 30.3 Å². The Balaban J connectivity index is 0.00000121. The number of ether oxygens (including phenoxy) is 1. The first-order valence-electron chi connectivity index (χ1n) is 3.48. The van der Waals surface area contributed by atoms with Gasteiger partial charge in [0, 0.05) is 0 Å². The molecule has 0 amide bonds. The van der Waals surface area contributed by atoms with E-state index in [1.54, 1.807) is 31.2 Å². The number of hydrogen-bond donors (Lipinski definition) is 0. The van der Waals surface area contributed by atoms with Crippen LogP contribution in [0.1, 0.15) is 17.3 Å². The second kappa shape index (κ2) is 5.90. The number of rotatable bonds is 2. The molecule has 1 rings (SSSR count). The summed E-state index contributed by atoms with van der Waals surface area (Å²) in [5.74, 6) is -0.276. The van der Waals surface area contributed by atoms with Gasteiger partial charge in [-0.3, -0.25) is 0 Å². The molecule has 0 heterocycles. The van der Waals surface area contributed by atoms with E-state index >= 15 is 0 Å². The van der Waals surface area contributed by atoms with Gasteiger partial charge in [-0.25, -0.2) is 4.79 Å². The van der Waals surface area contributed by atoms with Crippen LogP contribution in [0.15, 0.2) is 24.3 Å². The first kappa shape index (κ1) is 11.3. The van der Waals surface area contributed by atoms with Crippen molar-refractivity contribution in [1.82, 2.24) is 0 Å². The summed E-state index contributed by atoms with van der Waals surface area (Å²) >= 11 is 0. The standard InChI is InChI=1S/C9H9O2.Zn/c1-2-11-9(10)8-6-4-3-5-7-8;/h4-7H,2H2,1H3;/q-1;+2. The van der Waals surface area contributed by atoms with E-state index in [0.717, 1.165) is 0 Å². The zero-order chi connectivity index (χ0) is 8.10. The summed E-state index contributed by atoms with van der Waals surface area (Å²) in [6.07, 6.45) is 0. The van der Waals surface area contributed by atoms with E-state index in [-0.39, 0.29) is 25.4 Å². The van der Waals surface area contributed by atoms with E-state index < -0.39 is 0 Å². The SMILES string of the molecule is CCOC(=O)c1cc[c-]cc1.[Zn+2]. The molecule has 1 aromatic rings. The van der Waals surface area contributed by atoms with Crippen LogP contribution in [0.3, 0.4) is 0 Å². The van der Waals surface area contributed by atoms with Crippen molar-refractivity contribution in [2.45, 2.75) is 6.92 Å². The molecule has 0 spiro atoms. The molecule has 0 bridgehead atoms. The molecule has 0 aromatic heterocycles. The largest absolute Gasteiger partial charge is 2.00 e. The van der Waals surface area contributed by atoms with Gasteiger partial charge in [-0.1, -0.05) is 0 Å². The van der Waals surface area contributed by atoms with Gasteiger partial charge < -0.3 is 4.74 Å². The van der Waals surface area contributed by atoms with E-state index in [1.165, 1.54) is 0 Å². The fourth-order valence-electron chi connectivity index (χ4n) is 0.737. The van der Waals surface area contributed by atoms with Crippen molar-refractivity contribution in [3.8, 4) is 0 Å². The van der Waals surface area contributed by atoms with Gasteiger partial charge in [0.1, 0.15) is 0 Å². The third kappa shape index (κ3) is 3.14. The van der Waals surface area contributed by atoms with Crippen molar-refractivity contribution >= 4 is 5.97 Å². The number of benzene rings is 1. The Kier molecular flexibility index (Phi) is 5.56. The zero-order valence-electron chi connectivity index (χ0n) is 7.04. The monoisotopic (exact) mass is 213 g/mol. The normalized spacial score (nSPS) is 8.42. The molecular weight excluding hydrogens is 205 g/mol. The quantitative estimate of drug-likeness (QED) is 0.425. The molecule has 1 aromatic carbocycles.